The maximum atomic E-state index is 9.85. The molecule has 1 aromatic carbocycles. The number of fused-ring (bicyclic) bond motifs is 2. The fourth-order valence-corrected chi connectivity index (χ4v) is 3.54. The van der Waals surface area contributed by atoms with Crippen molar-refractivity contribution in [3.8, 4) is 5.75 Å². The average molecular weight is 261 g/mol. The molecule has 2 aliphatic rings. The van der Waals surface area contributed by atoms with Crippen LogP contribution < -0.4 is 9.64 Å². The summed E-state index contributed by atoms with van der Waals surface area (Å²) in [4.78, 5) is 2.51. The molecule has 1 N–H and O–H groups in total. The van der Waals surface area contributed by atoms with Gasteiger partial charge in [0.25, 0.3) is 0 Å². The normalized spacial score (nSPS) is 29.9. The molecule has 2 unspecified atom stereocenters. The third kappa shape index (κ3) is 2.57. The van der Waals surface area contributed by atoms with Crippen molar-refractivity contribution in [3.63, 3.8) is 0 Å². The van der Waals surface area contributed by atoms with E-state index in [0.29, 0.717) is 12.1 Å². The van der Waals surface area contributed by atoms with Gasteiger partial charge >= 0.3 is 0 Å². The number of hydrogen-bond donors (Lipinski definition) is 1. The van der Waals surface area contributed by atoms with E-state index in [1.165, 1.54) is 18.5 Å². The first-order valence-corrected chi connectivity index (χ1v) is 7.36. The Hall–Kier alpha value is -1.22. The molecule has 2 heterocycles. The van der Waals surface area contributed by atoms with E-state index in [2.05, 4.69) is 29.2 Å². The Balaban J connectivity index is 1.76. The molecule has 0 saturated carbocycles. The lowest BCUT2D eigenvalue weighted by Gasteiger charge is -2.39. The average Bonchev–Trinajstić information content (AvgIpc) is 2.63. The molecule has 1 aromatic rings. The quantitative estimate of drug-likeness (QED) is 0.908. The van der Waals surface area contributed by atoms with Gasteiger partial charge in [0.15, 0.2) is 0 Å². The summed E-state index contributed by atoms with van der Waals surface area (Å²) >= 11 is 0. The summed E-state index contributed by atoms with van der Waals surface area (Å²) in [5.74, 6) is 0.933. The van der Waals surface area contributed by atoms with Crippen molar-refractivity contribution in [1.29, 1.82) is 0 Å². The summed E-state index contributed by atoms with van der Waals surface area (Å²) < 4.78 is 5.68. The Kier molecular flexibility index (Phi) is 3.40. The van der Waals surface area contributed by atoms with E-state index in [4.69, 9.17) is 4.74 Å². The first-order chi connectivity index (χ1) is 9.13. The van der Waals surface area contributed by atoms with E-state index in [0.717, 1.165) is 18.6 Å². The number of benzene rings is 1. The highest BCUT2D eigenvalue weighted by Gasteiger charge is 2.40. The largest absolute Gasteiger partial charge is 0.491 e. The predicted molar refractivity (Wildman–Crippen MR) is 76.7 cm³/mol. The summed E-state index contributed by atoms with van der Waals surface area (Å²) in [5.41, 5.74) is 1.27. The van der Waals surface area contributed by atoms with Crippen molar-refractivity contribution < 1.29 is 9.84 Å². The van der Waals surface area contributed by atoms with Crippen LogP contribution in [0.25, 0.3) is 0 Å². The Morgan fingerprint density at radius 1 is 1.11 bits per heavy atom. The lowest BCUT2D eigenvalue weighted by molar-refractivity contribution is 0.126. The summed E-state index contributed by atoms with van der Waals surface area (Å²) in [7, 11) is 0. The molecule has 0 spiro atoms. The number of piperidine rings is 1. The van der Waals surface area contributed by atoms with E-state index < -0.39 is 0 Å². The minimum atomic E-state index is -0.0997. The standard InChI is InChI=1S/C16H23NO2/c1-11(2)19-16-7-5-12(6-8-16)17-13-3-4-14(17)10-15(18)9-13/h5-8,11,13-15,18H,3-4,9-10H2,1-2H3. The van der Waals surface area contributed by atoms with Crippen LogP contribution in [0.3, 0.4) is 0 Å². The zero-order valence-corrected chi connectivity index (χ0v) is 11.7. The topological polar surface area (TPSA) is 32.7 Å². The van der Waals surface area contributed by atoms with E-state index in [-0.39, 0.29) is 12.2 Å². The first kappa shape index (κ1) is 12.8. The van der Waals surface area contributed by atoms with Crippen LogP contribution in [0.4, 0.5) is 5.69 Å². The van der Waals surface area contributed by atoms with Crippen LogP contribution in [-0.4, -0.2) is 29.4 Å². The molecule has 2 atom stereocenters. The molecule has 3 rings (SSSR count). The number of ether oxygens (including phenoxy) is 1. The van der Waals surface area contributed by atoms with Gasteiger partial charge in [0, 0.05) is 17.8 Å². The second-order valence-corrected chi connectivity index (χ2v) is 6.08. The van der Waals surface area contributed by atoms with E-state index in [1.54, 1.807) is 0 Å². The van der Waals surface area contributed by atoms with Crippen LogP contribution in [0.15, 0.2) is 24.3 Å². The molecule has 3 nitrogen and oxygen atoms in total. The summed E-state index contributed by atoms with van der Waals surface area (Å²) in [6.45, 7) is 4.08. The molecular formula is C16H23NO2. The first-order valence-electron chi connectivity index (χ1n) is 7.36. The van der Waals surface area contributed by atoms with E-state index in [1.807, 2.05) is 13.8 Å². The van der Waals surface area contributed by atoms with Crippen molar-refractivity contribution in [2.45, 2.75) is 63.8 Å². The number of nitrogens with zero attached hydrogens (tertiary/aromatic N) is 1. The highest BCUT2D eigenvalue weighted by atomic mass is 16.5. The van der Waals surface area contributed by atoms with E-state index in [9.17, 15) is 5.11 Å². The molecule has 0 radical (unpaired) electrons. The molecule has 0 aromatic heterocycles. The lowest BCUT2D eigenvalue weighted by atomic mass is 9.99. The summed E-state index contributed by atoms with van der Waals surface area (Å²) in [6.07, 6.45) is 4.38. The smallest absolute Gasteiger partial charge is 0.119 e. The second kappa shape index (κ2) is 5.04. The van der Waals surface area contributed by atoms with Crippen molar-refractivity contribution in [2.75, 3.05) is 4.90 Å². The van der Waals surface area contributed by atoms with Gasteiger partial charge in [0.1, 0.15) is 5.75 Å². The monoisotopic (exact) mass is 261 g/mol. The van der Waals surface area contributed by atoms with Gasteiger partial charge < -0.3 is 14.7 Å². The van der Waals surface area contributed by atoms with Crippen LogP contribution in [0.2, 0.25) is 0 Å². The molecule has 104 valence electrons. The third-order valence-electron chi connectivity index (χ3n) is 4.21. The molecular weight excluding hydrogens is 238 g/mol. The van der Waals surface area contributed by atoms with E-state index >= 15 is 0 Å². The highest BCUT2D eigenvalue weighted by Crippen LogP contribution is 2.39. The Bertz CT molecular complexity index is 415. The van der Waals surface area contributed by atoms with Gasteiger partial charge in [-0.3, -0.25) is 0 Å². The Morgan fingerprint density at radius 3 is 2.21 bits per heavy atom. The third-order valence-corrected chi connectivity index (χ3v) is 4.21. The maximum absolute atomic E-state index is 9.85. The number of anilines is 1. The van der Waals surface area contributed by atoms with Crippen molar-refractivity contribution in [3.05, 3.63) is 24.3 Å². The van der Waals surface area contributed by atoms with Gasteiger partial charge in [-0.1, -0.05) is 0 Å². The number of hydrogen-bond acceptors (Lipinski definition) is 3. The summed E-state index contributed by atoms with van der Waals surface area (Å²) in [6, 6.07) is 9.46. The fraction of sp³-hybridized carbons (Fsp3) is 0.625. The lowest BCUT2D eigenvalue weighted by Crippen LogP contribution is -2.44. The minimum absolute atomic E-state index is 0.0997. The van der Waals surface area contributed by atoms with Crippen LogP contribution in [0.1, 0.15) is 39.5 Å². The minimum Gasteiger partial charge on any atom is -0.491 e. The van der Waals surface area contributed by atoms with Gasteiger partial charge in [0.05, 0.1) is 12.2 Å². The molecule has 3 heteroatoms. The van der Waals surface area contributed by atoms with Crippen LogP contribution >= 0.6 is 0 Å². The summed E-state index contributed by atoms with van der Waals surface area (Å²) in [5, 5.41) is 9.85. The second-order valence-electron chi connectivity index (χ2n) is 6.08. The van der Waals surface area contributed by atoms with Crippen molar-refractivity contribution in [1.82, 2.24) is 0 Å². The van der Waals surface area contributed by atoms with Crippen molar-refractivity contribution >= 4 is 5.69 Å². The van der Waals surface area contributed by atoms with Gasteiger partial charge in [-0.05, 0) is 63.8 Å². The Labute approximate surface area is 115 Å². The van der Waals surface area contributed by atoms with Crippen LogP contribution in [-0.2, 0) is 0 Å². The van der Waals surface area contributed by atoms with Gasteiger partial charge in [-0.25, -0.2) is 0 Å². The Morgan fingerprint density at radius 2 is 1.68 bits per heavy atom. The SMILES string of the molecule is CC(C)Oc1ccc(N2C3CCC2CC(O)C3)cc1. The molecule has 2 fully saturated rings. The van der Waals surface area contributed by atoms with Gasteiger partial charge in [-0.2, -0.15) is 0 Å². The number of rotatable bonds is 3. The van der Waals surface area contributed by atoms with Gasteiger partial charge in [-0.15, -0.1) is 0 Å². The zero-order valence-electron chi connectivity index (χ0n) is 11.7. The molecule has 2 aliphatic heterocycles. The molecule has 0 aliphatic carbocycles. The van der Waals surface area contributed by atoms with Crippen LogP contribution in [0, 0.1) is 0 Å². The predicted octanol–water partition coefficient (Wildman–Crippen LogP) is 2.97. The number of aliphatic hydroxyl groups is 1. The van der Waals surface area contributed by atoms with Gasteiger partial charge in [0.2, 0.25) is 0 Å². The maximum Gasteiger partial charge on any atom is 0.119 e. The molecule has 19 heavy (non-hydrogen) atoms. The fourth-order valence-electron chi connectivity index (χ4n) is 3.54. The van der Waals surface area contributed by atoms with Crippen molar-refractivity contribution in [2.24, 2.45) is 0 Å². The number of aliphatic hydroxyl groups excluding tert-OH is 1. The molecule has 2 saturated heterocycles. The highest BCUT2D eigenvalue weighted by molar-refractivity contribution is 5.52. The molecule has 0 amide bonds. The zero-order chi connectivity index (χ0) is 13.4. The molecule has 2 bridgehead atoms. The van der Waals surface area contributed by atoms with Crippen LogP contribution in [0.5, 0.6) is 5.75 Å².